The van der Waals surface area contributed by atoms with Crippen LogP contribution in [0.15, 0.2) is 12.2 Å². The number of hydrogen-bond acceptors (Lipinski definition) is 5. The molecule has 6 nitrogen and oxygen atoms in total. The lowest BCUT2D eigenvalue weighted by atomic mass is 10.0. The Labute approximate surface area is 412 Å². The van der Waals surface area contributed by atoms with Crippen LogP contribution in [0.25, 0.3) is 0 Å². The van der Waals surface area contributed by atoms with E-state index in [9.17, 15) is 19.8 Å². The van der Waals surface area contributed by atoms with Crippen molar-refractivity contribution in [2.45, 2.75) is 347 Å². The molecular weight excluding hydrogens is 815 g/mol. The quantitative estimate of drug-likeness (QED) is 0.0321. The topological polar surface area (TPSA) is 95.9 Å². The first-order chi connectivity index (χ1) is 32.5. The fraction of sp³-hybridized carbons (Fsp3) is 0.933. The Morgan fingerprint density at radius 3 is 1.03 bits per heavy atom. The second-order valence-corrected chi connectivity index (χ2v) is 20.7. The first-order valence-corrected chi connectivity index (χ1v) is 30.0. The third kappa shape index (κ3) is 52.0. The van der Waals surface area contributed by atoms with Gasteiger partial charge in [0.2, 0.25) is 5.91 Å². The van der Waals surface area contributed by atoms with Crippen molar-refractivity contribution in [2.75, 3.05) is 13.2 Å². The zero-order valence-electron chi connectivity index (χ0n) is 44.7. The zero-order valence-corrected chi connectivity index (χ0v) is 44.7. The Bertz CT molecular complexity index is 986. The van der Waals surface area contributed by atoms with Crippen LogP contribution in [0.3, 0.4) is 0 Å². The Balaban J connectivity index is 3.45. The molecule has 0 aliphatic carbocycles. The van der Waals surface area contributed by atoms with Crippen molar-refractivity contribution in [2.24, 2.45) is 0 Å². The highest BCUT2D eigenvalue weighted by Crippen LogP contribution is 2.18. The summed E-state index contributed by atoms with van der Waals surface area (Å²) in [6, 6.07) is -0.633. The fourth-order valence-electron chi connectivity index (χ4n) is 9.46. The predicted molar refractivity (Wildman–Crippen MR) is 287 cm³/mol. The Kier molecular flexibility index (Phi) is 55.0. The van der Waals surface area contributed by atoms with Crippen LogP contribution in [-0.2, 0) is 14.3 Å². The second-order valence-electron chi connectivity index (χ2n) is 20.7. The number of unbranched alkanes of at least 4 members (excludes halogenated alkanes) is 45. The number of allylic oxidation sites excluding steroid dienone is 1. The monoisotopic (exact) mass is 932 g/mol. The summed E-state index contributed by atoms with van der Waals surface area (Å²) in [7, 11) is 0. The summed E-state index contributed by atoms with van der Waals surface area (Å²) in [5, 5.41) is 23.2. The van der Waals surface area contributed by atoms with Crippen molar-refractivity contribution in [3.8, 4) is 0 Å². The first-order valence-electron chi connectivity index (χ1n) is 30.0. The van der Waals surface area contributed by atoms with Crippen molar-refractivity contribution in [1.82, 2.24) is 5.32 Å². The smallest absolute Gasteiger partial charge is 0.305 e. The highest BCUT2D eigenvalue weighted by Gasteiger charge is 2.18. The van der Waals surface area contributed by atoms with E-state index in [4.69, 9.17) is 4.74 Å². The molecule has 0 aromatic rings. The van der Waals surface area contributed by atoms with Crippen molar-refractivity contribution in [3.05, 3.63) is 12.2 Å². The number of aliphatic hydroxyl groups excluding tert-OH is 2. The normalized spacial score (nSPS) is 12.6. The van der Waals surface area contributed by atoms with Gasteiger partial charge in [-0.3, -0.25) is 9.59 Å². The van der Waals surface area contributed by atoms with Gasteiger partial charge in [0.1, 0.15) is 0 Å². The minimum absolute atomic E-state index is 0.00363. The van der Waals surface area contributed by atoms with Crippen LogP contribution in [0.4, 0.5) is 0 Å². The SMILES string of the molecule is CCCCCCCCCCCCCCCCCCCCC/C=C/C(O)C(CO)NC(=O)CCCCCCCCCCCCCCCCCCOC(=O)CCCCCCCCCCCCCC. The standard InChI is InChI=1S/C60H117NO5/c1-3-5-7-9-11-13-15-17-18-19-20-21-22-23-26-29-32-36-40-44-48-52-58(63)57(56-62)61-59(64)53-49-45-41-37-33-30-27-24-25-28-31-35-39-43-47-51-55-66-60(65)54-50-46-42-38-34-16-14-12-10-8-6-4-2/h48,52,57-58,62-63H,3-47,49-51,53-56H2,1-2H3,(H,61,64)/b52-48+. The van der Waals surface area contributed by atoms with Gasteiger partial charge in [-0.1, -0.05) is 302 Å². The van der Waals surface area contributed by atoms with Crippen LogP contribution in [0, 0.1) is 0 Å². The number of esters is 1. The predicted octanol–water partition coefficient (Wildman–Crippen LogP) is 18.5. The molecule has 0 rings (SSSR count). The van der Waals surface area contributed by atoms with E-state index in [1.165, 1.54) is 263 Å². The molecular formula is C60H117NO5. The lowest BCUT2D eigenvalue weighted by molar-refractivity contribution is -0.143. The summed E-state index contributed by atoms with van der Waals surface area (Å²) < 4.78 is 5.47. The minimum Gasteiger partial charge on any atom is -0.466 e. The van der Waals surface area contributed by atoms with Gasteiger partial charge in [-0.05, 0) is 32.1 Å². The number of carbonyl (C=O) groups is 2. The molecule has 66 heavy (non-hydrogen) atoms. The van der Waals surface area contributed by atoms with E-state index in [0.717, 1.165) is 44.9 Å². The van der Waals surface area contributed by atoms with Crippen LogP contribution in [0.2, 0.25) is 0 Å². The minimum atomic E-state index is -0.849. The third-order valence-electron chi connectivity index (χ3n) is 14.1. The molecule has 392 valence electrons. The number of rotatable bonds is 56. The van der Waals surface area contributed by atoms with Crippen LogP contribution in [0.5, 0.6) is 0 Å². The molecule has 3 N–H and O–H groups in total. The molecule has 2 unspecified atom stereocenters. The molecule has 0 heterocycles. The molecule has 0 aliphatic rings. The number of hydrogen-bond donors (Lipinski definition) is 3. The van der Waals surface area contributed by atoms with Gasteiger partial charge in [0, 0.05) is 12.8 Å². The lowest BCUT2D eigenvalue weighted by Crippen LogP contribution is -2.45. The van der Waals surface area contributed by atoms with Crippen LogP contribution >= 0.6 is 0 Å². The van der Waals surface area contributed by atoms with E-state index in [0.29, 0.717) is 19.4 Å². The maximum absolute atomic E-state index is 12.5. The van der Waals surface area contributed by atoms with E-state index in [2.05, 4.69) is 19.2 Å². The number of amides is 1. The van der Waals surface area contributed by atoms with Crippen molar-refractivity contribution < 1.29 is 24.5 Å². The van der Waals surface area contributed by atoms with Gasteiger partial charge in [-0.25, -0.2) is 0 Å². The summed E-state index contributed by atoms with van der Waals surface area (Å²) in [5.41, 5.74) is 0. The largest absolute Gasteiger partial charge is 0.466 e. The van der Waals surface area contributed by atoms with Gasteiger partial charge < -0.3 is 20.3 Å². The lowest BCUT2D eigenvalue weighted by Gasteiger charge is -2.20. The molecule has 2 atom stereocenters. The van der Waals surface area contributed by atoms with Crippen LogP contribution in [-0.4, -0.2) is 47.4 Å². The molecule has 0 aromatic carbocycles. The van der Waals surface area contributed by atoms with Gasteiger partial charge >= 0.3 is 5.97 Å². The number of carbonyl (C=O) groups excluding carboxylic acids is 2. The molecule has 0 saturated carbocycles. The van der Waals surface area contributed by atoms with Gasteiger partial charge in [0.25, 0.3) is 0 Å². The highest BCUT2D eigenvalue weighted by atomic mass is 16.5. The van der Waals surface area contributed by atoms with E-state index in [1.807, 2.05) is 6.08 Å². The molecule has 0 fully saturated rings. The van der Waals surface area contributed by atoms with E-state index >= 15 is 0 Å². The number of ether oxygens (including phenoxy) is 1. The maximum atomic E-state index is 12.5. The molecule has 0 spiro atoms. The summed E-state index contributed by atoms with van der Waals surface area (Å²) in [6.45, 7) is 4.91. The molecule has 0 bridgehead atoms. The summed E-state index contributed by atoms with van der Waals surface area (Å²) >= 11 is 0. The molecule has 0 aromatic heterocycles. The van der Waals surface area contributed by atoms with Gasteiger partial charge in [0.05, 0.1) is 25.4 Å². The average Bonchev–Trinajstić information content (AvgIpc) is 3.32. The number of aliphatic hydroxyl groups is 2. The first kappa shape index (κ1) is 64.6. The van der Waals surface area contributed by atoms with Gasteiger partial charge in [-0.15, -0.1) is 0 Å². The second kappa shape index (κ2) is 56.2. The number of nitrogens with one attached hydrogen (secondary N) is 1. The van der Waals surface area contributed by atoms with Crippen molar-refractivity contribution in [1.29, 1.82) is 0 Å². The zero-order chi connectivity index (χ0) is 47.9. The van der Waals surface area contributed by atoms with E-state index < -0.39 is 12.1 Å². The Morgan fingerprint density at radius 2 is 0.697 bits per heavy atom. The van der Waals surface area contributed by atoms with Crippen molar-refractivity contribution >= 4 is 11.9 Å². The van der Waals surface area contributed by atoms with Crippen molar-refractivity contribution in [3.63, 3.8) is 0 Å². The van der Waals surface area contributed by atoms with E-state index in [1.54, 1.807) is 6.08 Å². The third-order valence-corrected chi connectivity index (χ3v) is 14.1. The summed E-state index contributed by atoms with van der Waals surface area (Å²) in [6.07, 6.45) is 66.6. The molecule has 0 aliphatic heterocycles. The summed E-state index contributed by atoms with van der Waals surface area (Å²) in [4.78, 5) is 24.5. The molecule has 0 radical (unpaired) electrons. The highest BCUT2D eigenvalue weighted by molar-refractivity contribution is 5.76. The fourth-order valence-corrected chi connectivity index (χ4v) is 9.46. The van der Waals surface area contributed by atoms with Gasteiger partial charge in [-0.2, -0.15) is 0 Å². The Hall–Kier alpha value is -1.40. The van der Waals surface area contributed by atoms with Gasteiger partial charge in [0.15, 0.2) is 0 Å². The van der Waals surface area contributed by atoms with E-state index in [-0.39, 0.29) is 18.5 Å². The molecule has 6 heteroatoms. The average molecular weight is 933 g/mol. The Morgan fingerprint density at radius 1 is 0.409 bits per heavy atom. The van der Waals surface area contributed by atoms with Crippen LogP contribution in [0.1, 0.15) is 335 Å². The molecule has 0 saturated heterocycles. The van der Waals surface area contributed by atoms with Crippen LogP contribution < -0.4 is 5.32 Å². The molecule has 1 amide bonds. The summed E-state index contributed by atoms with van der Waals surface area (Å²) in [5.74, 6) is -0.0675. The maximum Gasteiger partial charge on any atom is 0.305 e.